The molecule has 10 aromatic rings. The van der Waals surface area contributed by atoms with E-state index in [1.54, 1.807) is 0 Å². The highest BCUT2D eigenvalue weighted by Gasteiger charge is 2.51. The molecule has 2 aliphatic carbocycles. The number of hydrogen-bond acceptors (Lipinski definition) is 1. The minimum absolute atomic E-state index is 0.419. The van der Waals surface area contributed by atoms with Gasteiger partial charge in [-0.15, -0.1) is 0 Å². The first-order valence-electron chi connectivity index (χ1n) is 21.5. The Morgan fingerprint density at radius 1 is 0.226 bits per heavy atom. The number of rotatable bonds is 7. The molecule has 2 aliphatic rings. The van der Waals surface area contributed by atoms with E-state index in [1.165, 1.54) is 89.0 Å². The molecule has 1 nitrogen and oxygen atoms in total. The summed E-state index contributed by atoms with van der Waals surface area (Å²) >= 11 is 0. The number of hydrogen-bond donors (Lipinski definition) is 0. The Balaban J connectivity index is 1.03. The lowest BCUT2D eigenvalue weighted by Crippen LogP contribution is -2.26. The van der Waals surface area contributed by atoms with Crippen molar-refractivity contribution in [3.63, 3.8) is 0 Å². The van der Waals surface area contributed by atoms with Crippen molar-refractivity contribution in [2.24, 2.45) is 0 Å². The Morgan fingerprint density at radius 3 is 1.15 bits per heavy atom. The number of benzene rings is 10. The van der Waals surface area contributed by atoms with Gasteiger partial charge in [0.1, 0.15) is 0 Å². The molecule has 0 amide bonds. The predicted octanol–water partition coefficient (Wildman–Crippen LogP) is 16.2. The van der Waals surface area contributed by atoms with Gasteiger partial charge in [0.25, 0.3) is 0 Å². The quantitative estimate of drug-likeness (QED) is 0.155. The van der Waals surface area contributed by atoms with Crippen LogP contribution in [0.2, 0.25) is 0 Å². The molecule has 0 unspecified atom stereocenters. The Bertz CT molecular complexity index is 3210. The first-order valence-corrected chi connectivity index (χ1v) is 21.5. The fourth-order valence-corrected chi connectivity index (χ4v) is 10.5. The summed E-state index contributed by atoms with van der Waals surface area (Å²) in [5.74, 6) is 0. The summed E-state index contributed by atoms with van der Waals surface area (Å²) in [6, 6.07) is 91.4. The number of para-hydroxylation sites is 1. The predicted molar refractivity (Wildman–Crippen MR) is 259 cm³/mol. The van der Waals surface area contributed by atoms with Gasteiger partial charge in [-0.3, -0.25) is 0 Å². The zero-order valence-electron chi connectivity index (χ0n) is 34.1. The average molecular weight is 788 g/mol. The highest BCUT2D eigenvalue weighted by molar-refractivity contribution is 6.00. The van der Waals surface area contributed by atoms with Gasteiger partial charge in [-0.05, 0) is 125 Å². The Kier molecular flexibility index (Phi) is 8.47. The minimum atomic E-state index is -0.419. The van der Waals surface area contributed by atoms with E-state index in [1.807, 2.05) is 0 Å². The molecule has 1 heteroatoms. The number of fused-ring (bicyclic) bond motifs is 10. The second-order valence-electron chi connectivity index (χ2n) is 16.3. The van der Waals surface area contributed by atoms with Crippen LogP contribution in [-0.4, -0.2) is 0 Å². The van der Waals surface area contributed by atoms with Crippen LogP contribution in [0, 0.1) is 0 Å². The summed E-state index contributed by atoms with van der Waals surface area (Å²) < 4.78 is 0. The van der Waals surface area contributed by atoms with Gasteiger partial charge in [-0.25, -0.2) is 0 Å². The molecule has 0 N–H and O–H groups in total. The molecule has 0 saturated heterocycles. The van der Waals surface area contributed by atoms with E-state index >= 15 is 0 Å². The van der Waals surface area contributed by atoms with Crippen molar-refractivity contribution in [3.8, 4) is 66.8 Å². The molecule has 0 fully saturated rings. The first-order chi connectivity index (χ1) is 30.8. The summed E-state index contributed by atoms with van der Waals surface area (Å²) in [5.41, 5.74) is 23.2. The van der Waals surface area contributed by atoms with Gasteiger partial charge in [-0.2, -0.15) is 0 Å². The molecule has 0 atom stereocenters. The SMILES string of the molecule is c1ccc(-c2ccccc2-c2c(-c3ccccc3)cccc2-c2ccc(N(c3ccccc3)c3ccc4c(c3)C3(c5ccccc5-c5ccccc53)c3ccccc3-4)cc2)cc1. The van der Waals surface area contributed by atoms with Crippen molar-refractivity contribution in [2.75, 3.05) is 4.90 Å². The summed E-state index contributed by atoms with van der Waals surface area (Å²) in [7, 11) is 0. The summed E-state index contributed by atoms with van der Waals surface area (Å²) in [4.78, 5) is 2.42. The van der Waals surface area contributed by atoms with Crippen molar-refractivity contribution < 1.29 is 0 Å². The minimum Gasteiger partial charge on any atom is -0.310 e. The third-order valence-corrected chi connectivity index (χ3v) is 13.1. The van der Waals surface area contributed by atoms with E-state index in [0.29, 0.717) is 0 Å². The number of nitrogens with zero attached hydrogens (tertiary/aromatic N) is 1. The second kappa shape index (κ2) is 14.6. The van der Waals surface area contributed by atoms with Gasteiger partial charge in [0.2, 0.25) is 0 Å². The van der Waals surface area contributed by atoms with Crippen LogP contribution in [0.5, 0.6) is 0 Å². The molecule has 12 rings (SSSR count). The van der Waals surface area contributed by atoms with E-state index in [-0.39, 0.29) is 0 Å². The van der Waals surface area contributed by atoms with Gasteiger partial charge < -0.3 is 4.90 Å². The molecule has 0 radical (unpaired) electrons. The Labute approximate surface area is 363 Å². The molecular weight excluding hydrogens is 747 g/mol. The maximum absolute atomic E-state index is 2.47. The molecule has 0 saturated carbocycles. The number of anilines is 3. The van der Waals surface area contributed by atoms with Crippen LogP contribution in [-0.2, 0) is 5.41 Å². The lowest BCUT2D eigenvalue weighted by molar-refractivity contribution is 0.793. The van der Waals surface area contributed by atoms with E-state index in [9.17, 15) is 0 Å². The smallest absolute Gasteiger partial charge is 0.0726 e. The Morgan fingerprint density at radius 2 is 0.597 bits per heavy atom. The van der Waals surface area contributed by atoms with Gasteiger partial charge in [0, 0.05) is 17.1 Å². The van der Waals surface area contributed by atoms with Crippen LogP contribution in [0.3, 0.4) is 0 Å². The summed E-state index contributed by atoms with van der Waals surface area (Å²) in [5, 5.41) is 0. The second-order valence-corrected chi connectivity index (χ2v) is 16.3. The fourth-order valence-electron chi connectivity index (χ4n) is 10.5. The molecular formula is C61H41N. The maximum Gasteiger partial charge on any atom is 0.0726 e. The molecule has 0 aromatic heterocycles. The van der Waals surface area contributed by atoms with Crippen molar-refractivity contribution in [2.45, 2.75) is 5.41 Å². The third-order valence-electron chi connectivity index (χ3n) is 13.1. The standard InChI is InChI=1S/C61H41N/c1-4-19-42(20-5-1)48-25-10-11-29-55(48)60-49(43-21-6-2-7-22-43)30-18-31-50(60)44-35-37-46(38-36-44)62(45-23-8-3-9-24-45)47-39-40-54-53-28-14-17-34-58(53)61(59(54)41-47)56-32-15-12-26-51(56)52-27-13-16-33-57(52)61/h1-41H. The van der Waals surface area contributed by atoms with Crippen molar-refractivity contribution in [3.05, 3.63) is 271 Å². The summed E-state index contributed by atoms with van der Waals surface area (Å²) in [6.07, 6.45) is 0. The van der Waals surface area contributed by atoms with Crippen molar-refractivity contribution in [1.29, 1.82) is 0 Å². The Hall–Kier alpha value is -8.00. The molecule has 0 aliphatic heterocycles. The molecule has 0 heterocycles. The monoisotopic (exact) mass is 787 g/mol. The van der Waals surface area contributed by atoms with Gasteiger partial charge >= 0.3 is 0 Å². The summed E-state index contributed by atoms with van der Waals surface area (Å²) in [6.45, 7) is 0. The van der Waals surface area contributed by atoms with E-state index in [2.05, 4.69) is 254 Å². The molecule has 1 spiro atoms. The van der Waals surface area contributed by atoms with E-state index < -0.39 is 5.41 Å². The first kappa shape index (κ1) is 35.9. The van der Waals surface area contributed by atoms with Gasteiger partial charge in [0.15, 0.2) is 0 Å². The normalized spacial score (nSPS) is 12.6. The van der Waals surface area contributed by atoms with Crippen LogP contribution in [0.15, 0.2) is 249 Å². The van der Waals surface area contributed by atoms with Gasteiger partial charge in [0.05, 0.1) is 5.41 Å². The zero-order chi connectivity index (χ0) is 41.0. The van der Waals surface area contributed by atoms with Crippen LogP contribution in [0.25, 0.3) is 66.8 Å². The lowest BCUT2D eigenvalue weighted by Gasteiger charge is -2.32. The molecule has 62 heavy (non-hydrogen) atoms. The van der Waals surface area contributed by atoms with Crippen LogP contribution in [0.1, 0.15) is 22.3 Å². The van der Waals surface area contributed by atoms with Gasteiger partial charge in [-0.1, -0.05) is 212 Å². The molecule has 290 valence electrons. The largest absolute Gasteiger partial charge is 0.310 e. The highest BCUT2D eigenvalue weighted by atomic mass is 15.1. The van der Waals surface area contributed by atoms with Crippen molar-refractivity contribution in [1.82, 2.24) is 0 Å². The molecule has 10 aromatic carbocycles. The third kappa shape index (κ3) is 5.49. The van der Waals surface area contributed by atoms with E-state index in [4.69, 9.17) is 0 Å². The fraction of sp³-hybridized carbons (Fsp3) is 0.0164. The zero-order valence-corrected chi connectivity index (χ0v) is 34.1. The van der Waals surface area contributed by atoms with E-state index in [0.717, 1.165) is 17.1 Å². The van der Waals surface area contributed by atoms with Crippen molar-refractivity contribution >= 4 is 17.1 Å². The topological polar surface area (TPSA) is 3.24 Å². The van der Waals surface area contributed by atoms with Crippen LogP contribution >= 0.6 is 0 Å². The van der Waals surface area contributed by atoms with Crippen LogP contribution < -0.4 is 4.90 Å². The molecule has 0 bridgehead atoms. The maximum atomic E-state index is 2.47. The lowest BCUT2D eigenvalue weighted by atomic mass is 9.70. The highest BCUT2D eigenvalue weighted by Crippen LogP contribution is 2.63. The van der Waals surface area contributed by atoms with Crippen LogP contribution in [0.4, 0.5) is 17.1 Å². The average Bonchev–Trinajstić information content (AvgIpc) is 3.82.